The highest BCUT2D eigenvalue weighted by Gasteiger charge is 2.12. The fraction of sp³-hybridized carbons (Fsp3) is 0.294. The number of rotatable bonds is 5. The third-order valence-electron chi connectivity index (χ3n) is 3.20. The van der Waals surface area contributed by atoms with Gasteiger partial charge in [0.25, 0.3) is 0 Å². The van der Waals surface area contributed by atoms with E-state index in [1.807, 2.05) is 55.5 Å². The Morgan fingerprint density at radius 3 is 2.40 bits per heavy atom. The van der Waals surface area contributed by atoms with E-state index in [4.69, 9.17) is 4.74 Å². The minimum Gasteiger partial charge on any atom is -0.490 e. The number of aliphatic hydroxyl groups is 2. The first-order chi connectivity index (χ1) is 9.58. The molecule has 0 radical (unpaired) electrons. The zero-order chi connectivity index (χ0) is 14.5. The van der Waals surface area contributed by atoms with E-state index in [9.17, 15) is 10.2 Å². The maximum absolute atomic E-state index is 10.1. The lowest BCUT2D eigenvalue weighted by atomic mass is 10.1. The Morgan fingerprint density at radius 1 is 1.05 bits per heavy atom. The summed E-state index contributed by atoms with van der Waals surface area (Å²) in [6, 6.07) is 15.0. The van der Waals surface area contributed by atoms with Crippen LogP contribution in [-0.4, -0.2) is 16.8 Å². The van der Waals surface area contributed by atoms with Gasteiger partial charge >= 0.3 is 0 Å². The molecule has 0 bridgehead atoms. The Balaban J connectivity index is 2.09. The van der Waals surface area contributed by atoms with E-state index in [1.165, 1.54) is 0 Å². The Bertz CT molecular complexity index is 549. The average molecular weight is 272 g/mol. The Morgan fingerprint density at radius 2 is 1.75 bits per heavy atom. The number of aliphatic hydroxyl groups excluding tert-OH is 2. The predicted octanol–water partition coefficient (Wildman–Crippen LogP) is 3.16. The zero-order valence-corrected chi connectivity index (χ0v) is 11.8. The van der Waals surface area contributed by atoms with Gasteiger partial charge in [0.2, 0.25) is 0 Å². The third-order valence-corrected chi connectivity index (χ3v) is 3.20. The highest BCUT2D eigenvalue weighted by atomic mass is 16.5. The summed E-state index contributed by atoms with van der Waals surface area (Å²) < 4.78 is 5.69. The van der Waals surface area contributed by atoms with E-state index in [2.05, 4.69) is 0 Å². The van der Waals surface area contributed by atoms with Crippen LogP contribution in [0.1, 0.15) is 35.8 Å². The van der Waals surface area contributed by atoms with Gasteiger partial charge < -0.3 is 14.9 Å². The highest BCUT2D eigenvalue weighted by Crippen LogP contribution is 2.27. The van der Waals surface area contributed by atoms with Gasteiger partial charge in [0.1, 0.15) is 18.5 Å². The van der Waals surface area contributed by atoms with Gasteiger partial charge in [-0.25, -0.2) is 0 Å². The summed E-state index contributed by atoms with van der Waals surface area (Å²) in [5.41, 5.74) is 2.60. The van der Waals surface area contributed by atoms with E-state index >= 15 is 0 Å². The molecular formula is C17H20O3. The molecule has 0 amide bonds. The van der Waals surface area contributed by atoms with E-state index < -0.39 is 12.2 Å². The Kier molecular flexibility index (Phi) is 4.77. The minimum atomic E-state index is -0.682. The fourth-order valence-corrected chi connectivity index (χ4v) is 2.05. The van der Waals surface area contributed by atoms with Crippen molar-refractivity contribution in [3.63, 3.8) is 0 Å². The van der Waals surface area contributed by atoms with Crippen LogP contribution in [0.4, 0.5) is 0 Å². The van der Waals surface area contributed by atoms with Gasteiger partial charge in [-0.15, -0.1) is 0 Å². The molecule has 20 heavy (non-hydrogen) atoms. The van der Waals surface area contributed by atoms with Crippen LogP contribution in [0.3, 0.4) is 0 Å². The Hall–Kier alpha value is -1.84. The fourth-order valence-electron chi connectivity index (χ4n) is 2.05. The predicted molar refractivity (Wildman–Crippen MR) is 78.7 cm³/mol. The summed E-state index contributed by atoms with van der Waals surface area (Å²) in [4.78, 5) is 0. The van der Waals surface area contributed by atoms with Crippen molar-refractivity contribution in [3.05, 3.63) is 65.2 Å². The summed E-state index contributed by atoms with van der Waals surface area (Å²) in [7, 11) is 0. The highest BCUT2D eigenvalue weighted by molar-refractivity contribution is 5.38. The van der Waals surface area contributed by atoms with Crippen LogP contribution in [0.5, 0.6) is 5.75 Å². The van der Waals surface area contributed by atoms with E-state index in [1.54, 1.807) is 6.92 Å². The second-order valence-electron chi connectivity index (χ2n) is 4.95. The maximum Gasteiger partial charge on any atom is 0.125 e. The van der Waals surface area contributed by atoms with Gasteiger partial charge in [-0.1, -0.05) is 42.5 Å². The van der Waals surface area contributed by atoms with Gasteiger partial charge in [0, 0.05) is 5.56 Å². The number of hydrogen-bond acceptors (Lipinski definition) is 3. The smallest absolute Gasteiger partial charge is 0.125 e. The number of benzene rings is 2. The van der Waals surface area contributed by atoms with Crippen molar-refractivity contribution in [2.45, 2.75) is 26.1 Å². The van der Waals surface area contributed by atoms with Crippen LogP contribution in [0, 0.1) is 6.92 Å². The molecule has 3 nitrogen and oxygen atoms in total. The second-order valence-corrected chi connectivity index (χ2v) is 4.95. The standard InChI is InChI=1S/C17H20O3/c1-12-8-9-15(13(2)18)17(10-12)20-11-16(19)14-6-4-3-5-7-14/h3-10,13,16,18-19H,11H2,1-2H3. The molecule has 0 saturated heterocycles. The molecule has 0 aliphatic rings. The summed E-state index contributed by atoms with van der Waals surface area (Å²) in [6.07, 6.45) is -1.28. The van der Waals surface area contributed by atoms with E-state index in [-0.39, 0.29) is 6.61 Å². The Labute approximate surface area is 119 Å². The molecule has 2 N–H and O–H groups in total. The largest absolute Gasteiger partial charge is 0.490 e. The average Bonchev–Trinajstić information content (AvgIpc) is 2.45. The molecule has 106 valence electrons. The molecule has 0 aromatic heterocycles. The molecular weight excluding hydrogens is 252 g/mol. The van der Waals surface area contributed by atoms with Crippen LogP contribution < -0.4 is 4.74 Å². The molecule has 0 saturated carbocycles. The summed E-state index contributed by atoms with van der Waals surface area (Å²) in [5, 5.41) is 19.8. The maximum atomic E-state index is 10.1. The lowest BCUT2D eigenvalue weighted by molar-refractivity contribution is 0.104. The van der Waals surface area contributed by atoms with Crippen molar-refractivity contribution in [1.82, 2.24) is 0 Å². The van der Waals surface area contributed by atoms with Gasteiger partial charge in [-0.2, -0.15) is 0 Å². The SMILES string of the molecule is Cc1ccc(C(C)O)c(OCC(O)c2ccccc2)c1. The minimum absolute atomic E-state index is 0.160. The molecule has 2 atom stereocenters. The van der Waals surface area contributed by atoms with Crippen LogP contribution in [0.15, 0.2) is 48.5 Å². The lowest BCUT2D eigenvalue weighted by Crippen LogP contribution is -2.11. The second kappa shape index (κ2) is 6.55. The number of ether oxygens (including phenoxy) is 1. The first-order valence-electron chi connectivity index (χ1n) is 6.72. The third kappa shape index (κ3) is 3.59. The normalized spacial score (nSPS) is 13.8. The molecule has 2 rings (SSSR count). The summed E-state index contributed by atoms with van der Waals surface area (Å²) in [6.45, 7) is 3.82. The van der Waals surface area contributed by atoms with Gasteiger partial charge in [-0.3, -0.25) is 0 Å². The summed E-state index contributed by atoms with van der Waals surface area (Å²) in [5.74, 6) is 0.620. The first-order valence-corrected chi connectivity index (χ1v) is 6.72. The molecule has 2 aromatic rings. The topological polar surface area (TPSA) is 49.7 Å². The van der Waals surface area contributed by atoms with Crippen molar-refractivity contribution in [3.8, 4) is 5.75 Å². The van der Waals surface area contributed by atoms with Crippen molar-refractivity contribution in [2.24, 2.45) is 0 Å². The first kappa shape index (κ1) is 14.6. The molecule has 3 heteroatoms. The van der Waals surface area contributed by atoms with Crippen LogP contribution in [0.2, 0.25) is 0 Å². The number of aryl methyl sites for hydroxylation is 1. The molecule has 0 aliphatic carbocycles. The van der Waals surface area contributed by atoms with E-state index in [0.29, 0.717) is 5.75 Å². The van der Waals surface area contributed by atoms with Crippen molar-refractivity contribution in [2.75, 3.05) is 6.61 Å². The van der Waals surface area contributed by atoms with Crippen LogP contribution in [-0.2, 0) is 0 Å². The van der Waals surface area contributed by atoms with Crippen molar-refractivity contribution in [1.29, 1.82) is 0 Å². The monoisotopic (exact) mass is 272 g/mol. The molecule has 2 aromatic carbocycles. The van der Waals surface area contributed by atoms with Gasteiger partial charge in [-0.05, 0) is 31.0 Å². The molecule has 0 spiro atoms. The van der Waals surface area contributed by atoms with Crippen LogP contribution >= 0.6 is 0 Å². The van der Waals surface area contributed by atoms with Crippen LogP contribution in [0.25, 0.3) is 0 Å². The molecule has 0 aliphatic heterocycles. The number of hydrogen-bond donors (Lipinski definition) is 2. The van der Waals surface area contributed by atoms with Crippen molar-refractivity contribution < 1.29 is 14.9 Å². The van der Waals surface area contributed by atoms with E-state index in [0.717, 1.165) is 16.7 Å². The van der Waals surface area contributed by atoms with Gasteiger partial charge in [0.15, 0.2) is 0 Å². The van der Waals surface area contributed by atoms with Gasteiger partial charge in [0.05, 0.1) is 6.10 Å². The summed E-state index contributed by atoms with van der Waals surface area (Å²) >= 11 is 0. The zero-order valence-electron chi connectivity index (χ0n) is 11.8. The quantitative estimate of drug-likeness (QED) is 0.879. The lowest BCUT2D eigenvalue weighted by Gasteiger charge is -2.17. The molecule has 0 fully saturated rings. The molecule has 2 unspecified atom stereocenters. The van der Waals surface area contributed by atoms with Crippen molar-refractivity contribution >= 4 is 0 Å². The molecule has 0 heterocycles.